The van der Waals surface area contributed by atoms with Gasteiger partial charge in [-0.05, 0) is 32.8 Å². The van der Waals surface area contributed by atoms with E-state index in [4.69, 9.17) is 0 Å². The van der Waals surface area contributed by atoms with Gasteiger partial charge in [0.05, 0.1) is 0 Å². The Labute approximate surface area is 114 Å². The molecule has 1 aromatic carbocycles. The van der Waals surface area contributed by atoms with E-state index in [1.165, 1.54) is 17.7 Å². The van der Waals surface area contributed by atoms with Crippen LogP contribution in [-0.2, 0) is 0 Å². The Balaban J connectivity index is 2.74. The standard InChI is InChI=1S/C16H23F2N/c1-5-12(11-19-16(2,3)4)10-13-6-8-14(9-7-13)15(17)18/h6-10,15,19H,5,11H2,1-4H3/b12-10-. The quantitative estimate of drug-likeness (QED) is 0.807. The predicted molar refractivity (Wildman–Crippen MR) is 77.4 cm³/mol. The maximum atomic E-state index is 12.5. The predicted octanol–water partition coefficient (Wildman–Crippen LogP) is 4.81. The number of halogens is 2. The fourth-order valence-corrected chi connectivity index (χ4v) is 1.63. The van der Waals surface area contributed by atoms with Gasteiger partial charge < -0.3 is 5.32 Å². The van der Waals surface area contributed by atoms with Crippen molar-refractivity contribution in [3.63, 3.8) is 0 Å². The van der Waals surface area contributed by atoms with Crippen molar-refractivity contribution in [1.29, 1.82) is 0 Å². The first-order chi connectivity index (χ1) is 8.81. The molecule has 1 rings (SSSR count). The molecule has 0 radical (unpaired) electrons. The molecule has 0 aliphatic rings. The molecule has 0 unspecified atom stereocenters. The molecule has 3 heteroatoms. The maximum Gasteiger partial charge on any atom is 0.263 e. The molecular formula is C16H23F2N. The largest absolute Gasteiger partial charge is 0.308 e. The molecular weight excluding hydrogens is 244 g/mol. The van der Waals surface area contributed by atoms with Crippen LogP contribution in [0, 0.1) is 0 Å². The number of benzene rings is 1. The average molecular weight is 267 g/mol. The van der Waals surface area contributed by atoms with Gasteiger partial charge in [0, 0.05) is 17.6 Å². The first-order valence-electron chi connectivity index (χ1n) is 6.64. The van der Waals surface area contributed by atoms with Crippen LogP contribution in [0.1, 0.15) is 51.7 Å². The van der Waals surface area contributed by atoms with Crippen LogP contribution in [-0.4, -0.2) is 12.1 Å². The van der Waals surface area contributed by atoms with Crippen molar-refractivity contribution < 1.29 is 8.78 Å². The summed E-state index contributed by atoms with van der Waals surface area (Å²) in [6.45, 7) is 9.29. The Morgan fingerprint density at radius 1 is 1.21 bits per heavy atom. The van der Waals surface area contributed by atoms with E-state index in [1.807, 2.05) is 0 Å². The Bertz CT molecular complexity index is 413. The number of alkyl halides is 2. The number of hydrogen-bond acceptors (Lipinski definition) is 1. The lowest BCUT2D eigenvalue weighted by molar-refractivity contribution is 0.151. The summed E-state index contributed by atoms with van der Waals surface area (Å²) in [5.41, 5.74) is 2.38. The molecule has 0 saturated carbocycles. The molecule has 0 fully saturated rings. The lowest BCUT2D eigenvalue weighted by Crippen LogP contribution is -2.36. The molecule has 0 bridgehead atoms. The van der Waals surface area contributed by atoms with E-state index in [2.05, 4.69) is 39.1 Å². The normalized spacial score (nSPS) is 13.1. The SMILES string of the molecule is CC/C(=C/c1ccc(C(F)F)cc1)CNC(C)(C)C. The van der Waals surface area contributed by atoms with E-state index < -0.39 is 6.43 Å². The highest BCUT2D eigenvalue weighted by Crippen LogP contribution is 2.20. The van der Waals surface area contributed by atoms with Crippen molar-refractivity contribution in [3.8, 4) is 0 Å². The minimum Gasteiger partial charge on any atom is -0.308 e. The second-order valence-corrected chi connectivity index (χ2v) is 5.73. The van der Waals surface area contributed by atoms with E-state index in [0.29, 0.717) is 0 Å². The topological polar surface area (TPSA) is 12.0 Å². The van der Waals surface area contributed by atoms with Gasteiger partial charge in [-0.1, -0.05) is 42.8 Å². The Kier molecular flexibility index (Phi) is 5.67. The van der Waals surface area contributed by atoms with Crippen molar-refractivity contribution in [2.24, 2.45) is 0 Å². The third-order valence-corrected chi connectivity index (χ3v) is 2.86. The molecule has 1 N–H and O–H groups in total. The second kappa shape index (κ2) is 6.80. The van der Waals surface area contributed by atoms with Crippen molar-refractivity contribution in [2.75, 3.05) is 6.54 Å². The fourth-order valence-electron chi connectivity index (χ4n) is 1.63. The first-order valence-corrected chi connectivity index (χ1v) is 6.64. The van der Waals surface area contributed by atoms with Crippen LogP contribution in [0.15, 0.2) is 29.8 Å². The molecule has 0 spiro atoms. The van der Waals surface area contributed by atoms with Crippen LogP contribution in [0.3, 0.4) is 0 Å². The Morgan fingerprint density at radius 3 is 2.21 bits per heavy atom. The van der Waals surface area contributed by atoms with Gasteiger partial charge >= 0.3 is 0 Å². The monoisotopic (exact) mass is 267 g/mol. The molecule has 0 saturated heterocycles. The molecule has 0 aliphatic carbocycles. The van der Waals surface area contributed by atoms with Crippen LogP contribution < -0.4 is 5.32 Å². The summed E-state index contributed by atoms with van der Waals surface area (Å²) in [5.74, 6) is 0. The third kappa shape index (κ3) is 5.97. The van der Waals surface area contributed by atoms with Crippen molar-refractivity contribution in [1.82, 2.24) is 5.32 Å². The summed E-state index contributed by atoms with van der Waals surface area (Å²) in [6.07, 6.45) is 0.611. The number of hydrogen-bond donors (Lipinski definition) is 1. The van der Waals surface area contributed by atoms with E-state index >= 15 is 0 Å². The van der Waals surface area contributed by atoms with Gasteiger partial charge in [-0.15, -0.1) is 0 Å². The maximum absolute atomic E-state index is 12.5. The average Bonchev–Trinajstić information content (AvgIpc) is 2.34. The van der Waals surface area contributed by atoms with Crippen LogP contribution in [0.5, 0.6) is 0 Å². The highest BCUT2D eigenvalue weighted by molar-refractivity contribution is 5.53. The van der Waals surface area contributed by atoms with Gasteiger partial charge in [0.15, 0.2) is 0 Å². The smallest absolute Gasteiger partial charge is 0.263 e. The van der Waals surface area contributed by atoms with Gasteiger partial charge in [-0.25, -0.2) is 8.78 Å². The highest BCUT2D eigenvalue weighted by Gasteiger charge is 2.09. The zero-order valence-corrected chi connectivity index (χ0v) is 12.1. The molecule has 1 nitrogen and oxygen atoms in total. The van der Waals surface area contributed by atoms with Gasteiger partial charge in [-0.2, -0.15) is 0 Å². The van der Waals surface area contributed by atoms with Crippen LogP contribution in [0.2, 0.25) is 0 Å². The van der Waals surface area contributed by atoms with Crippen LogP contribution in [0.4, 0.5) is 8.78 Å². The summed E-state index contributed by atoms with van der Waals surface area (Å²) in [4.78, 5) is 0. The third-order valence-electron chi connectivity index (χ3n) is 2.86. The molecule has 1 aromatic rings. The molecule has 0 aromatic heterocycles. The van der Waals surface area contributed by atoms with E-state index in [9.17, 15) is 8.78 Å². The minimum atomic E-state index is -2.40. The first kappa shape index (κ1) is 15.8. The zero-order chi connectivity index (χ0) is 14.5. The van der Waals surface area contributed by atoms with Gasteiger partial charge in [0.1, 0.15) is 0 Å². The number of rotatable bonds is 5. The Morgan fingerprint density at radius 2 is 1.79 bits per heavy atom. The summed E-state index contributed by atoms with van der Waals surface area (Å²) < 4.78 is 24.9. The molecule has 0 heterocycles. The lowest BCUT2D eigenvalue weighted by atomic mass is 10.0. The minimum absolute atomic E-state index is 0.0722. The molecule has 0 aliphatic heterocycles. The van der Waals surface area contributed by atoms with Crippen LogP contribution >= 0.6 is 0 Å². The second-order valence-electron chi connectivity index (χ2n) is 5.73. The summed E-state index contributed by atoms with van der Waals surface area (Å²) >= 11 is 0. The van der Waals surface area contributed by atoms with Crippen molar-refractivity contribution in [2.45, 2.75) is 46.1 Å². The van der Waals surface area contributed by atoms with E-state index in [-0.39, 0.29) is 11.1 Å². The van der Waals surface area contributed by atoms with Gasteiger partial charge in [0.25, 0.3) is 6.43 Å². The van der Waals surface area contributed by atoms with Gasteiger partial charge in [0.2, 0.25) is 0 Å². The molecule has 19 heavy (non-hydrogen) atoms. The summed E-state index contributed by atoms with van der Waals surface area (Å²) in [7, 11) is 0. The van der Waals surface area contributed by atoms with E-state index in [0.717, 1.165) is 18.5 Å². The summed E-state index contributed by atoms with van der Waals surface area (Å²) in [6, 6.07) is 6.46. The zero-order valence-electron chi connectivity index (χ0n) is 12.1. The van der Waals surface area contributed by atoms with Gasteiger partial charge in [-0.3, -0.25) is 0 Å². The Hall–Kier alpha value is -1.22. The fraction of sp³-hybridized carbons (Fsp3) is 0.500. The van der Waals surface area contributed by atoms with E-state index in [1.54, 1.807) is 12.1 Å². The molecule has 0 amide bonds. The molecule has 106 valence electrons. The highest BCUT2D eigenvalue weighted by atomic mass is 19.3. The van der Waals surface area contributed by atoms with Crippen molar-refractivity contribution in [3.05, 3.63) is 41.0 Å². The molecule has 0 atom stereocenters. The van der Waals surface area contributed by atoms with Crippen molar-refractivity contribution >= 4 is 6.08 Å². The van der Waals surface area contributed by atoms with Crippen LogP contribution in [0.25, 0.3) is 6.08 Å². The lowest BCUT2D eigenvalue weighted by Gasteiger charge is -2.21. The summed E-state index contributed by atoms with van der Waals surface area (Å²) in [5, 5.41) is 3.43. The number of nitrogens with one attached hydrogen (secondary N) is 1.